The molecule has 0 aromatic rings. The number of allylic oxidation sites excluding steroid dienone is 3. The van der Waals surface area contributed by atoms with Crippen LogP contribution in [0.3, 0.4) is 0 Å². The Labute approximate surface area is 100 Å². The molecule has 1 heterocycles. The topological polar surface area (TPSA) is 38.3 Å². The molecule has 2 rings (SSSR count). The predicted molar refractivity (Wildman–Crippen MR) is 63.0 cm³/mol. The minimum Gasteiger partial charge on any atom is -0.498 e. The third kappa shape index (κ3) is 2.79. The lowest BCUT2D eigenvalue weighted by atomic mass is 9.94. The Balaban J connectivity index is 1.97. The van der Waals surface area contributed by atoms with Gasteiger partial charge in [0.15, 0.2) is 0 Å². The van der Waals surface area contributed by atoms with Crippen LogP contribution in [0.2, 0.25) is 0 Å². The van der Waals surface area contributed by atoms with Crippen LogP contribution in [0, 0.1) is 0 Å². The number of rotatable bonds is 4. The number of hydrogen-bond acceptors (Lipinski definition) is 2. The molecule has 0 fully saturated rings. The molecular weight excluding hydrogens is 226 g/mol. The number of hydrogen-bond donors (Lipinski definition) is 1. The average Bonchev–Trinajstić information content (AvgIpc) is 2.29. The summed E-state index contributed by atoms with van der Waals surface area (Å²) in [6.45, 7) is 0.659. The fourth-order valence-electron chi connectivity index (χ4n) is 1.98. The van der Waals surface area contributed by atoms with E-state index in [2.05, 4.69) is 5.32 Å². The van der Waals surface area contributed by atoms with Crippen LogP contribution in [0.15, 0.2) is 23.1 Å². The Bertz CT molecular complexity index is 347. The van der Waals surface area contributed by atoms with E-state index in [1.54, 1.807) is 0 Å². The molecule has 0 radical (unpaired) electrons. The van der Waals surface area contributed by atoms with Crippen molar-refractivity contribution in [3.63, 3.8) is 0 Å². The van der Waals surface area contributed by atoms with Crippen LogP contribution in [-0.2, 0) is 9.53 Å². The first-order valence-electron chi connectivity index (χ1n) is 5.71. The van der Waals surface area contributed by atoms with Crippen LogP contribution >= 0.6 is 11.6 Å². The molecule has 0 spiro atoms. The fourth-order valence-corrected chi connectivity index (χ4v) is 2.09. The summed E-state index contributed by atoms with van der Waals surface area (Å²) in [6.07, 6.45) is 6.28. The average molecular weight is 242 g/mol. The summed E-state index contributed by atoms with van der Waals surface area (Å²) in [7, 11) is 0. The van der Waals surface area contributed by atoms with Gasteiger partial charge in [-0.25, -0.2) is 0 Å². The van der Waals surface area contributed by atoms with Gasteiger partial charge < -0.3 is 10.1 Å². The van der Waals surface area contributed by atoms with Gasteiger partial charge in [0.1, 0.15) is 0 Å². The minimum atomic E-state index is 0.108. The van der Waals surface area contributed by atoms with Crippen molar-refractivity contribution in [2.24, 2.45) is 0 Å². The van der Waals surface area contributed by atoms with E-state index < -0.39 is 0 Å². The summed E-state index contributed by atoms with van der Waals surface area (Å²) in [4.78, 5) is 11.3. The van der Waals surface area contributed by atoms with E-state index in [0.29, 0.717) is 18.9 Å². The Morgan fingerprint density at radius 3 is 2.94 bits per heavy atom. The van der Waals surface area contributed by atoms with Gasteiger partial charge in [-0.2, -0.15) is 0 Å². The molecule has 0 atom stereocenters. The summed E-state index contributed by atoms with van der Waals surface area (Å²) >= 11 is 5.58. The van der Waals surface area contributed by atoms with E-state index in [9.17, 15) is 4.79 Å². The maximum Gasteiger partial charge on any atom is 0.224 e. The van der Waals surface area contributed by atoms with Gasteiger partial charge in [0.05, 0.1) is 12.4 Å². The first-order valence-corrected chi connectivity index (χ1v) is 6.24. The van der Waals surface area contributed by atoms with Gasteiger partial charge in [0, 0.05) is 24.4 Å². The Morgan fingerprint density at radius 2 is 2.12 bits per heavy atom. The van der Waals surface area contributed by atoms with E-state index in [0.717, 1.165) is 37.1 Å². The standard InChI is InChI=1S/C12H16ClNO2/c13-6-1-7-16-10-4-2-9-3-5-12(15)14-11(9)8-10/h8H,1-7H2,(H,14,15). The first-order chi connectivity index (χ1) is 7.79. The van der Waals surface area contributed by atoms with Crippen LogP contribution in [-0.4, -0.2) is 18.4 Å². The molecule has 88 valence electrons. The number of carbonyl (C=O) groups excluding carboxylic acids is 1. The maximum absolute atomic E-state index is 11.3. The lowest BCUT2D eigenvalue weighted by Crippen LogP contribution is -2.28. The smallest absolute Gasteiger partial charge is 0.224 e. The molecular formula is C12H16ClNO2. The fraction of sp³-hybridized carbons (Fsp3) is 0.583. The van der Waals surface area contributed by atoms with Gasteiger partial charge in [0.2, 0.25) is 5.91 Å². The molecule has 0 aromatic carbocycles. The number of amides is 1. The van der Waals surface area contributed by atoms with Crippen molar-refractivity contribution in [2.45, 2.75) is 32.1 Å². The third-order valence-corrected chi connectivity index (χ3v) is 3.12. The Morgan fingerprint density at radius 1 is 1.31 bits per heavy atom. The zero-order valence-corrected chi connectivity index (χ0v) is 9.98. The summed E-state index contributed by atoms with van der Waals surface area (Å²) in [6, 6.07) is 0. The number of nitrogens with one attached hydrogen (secondary N) is 1. The largest absolute Gasteiger partial charge is 0.498 e. The molecule has 1 aliphatic carbocycles. The second kappa shape index (κ2) is 5.39. The Hall–Kier alpha value is -0.960. The van der Waals surface area contributed by atoms with Gasteiger partial charge in [0.25, 0.3) is 0 Å². The van der Waals surface area contributed by atoms with Gasteiger partial charge in [-0.1, -0.05) is 0 Å². The Kier molecular flexibility index (Phi) is 3.88. The molecule has 0 saturated heterocycles. The molecule has 1 N–H and O–H groups in total. The zero-order chi connectivity index (χ0) is 11.4. The predicted octanol–water partition coefficient (Wildman–Crippen LogP) is 2.47. The highest BCUT2D eigenvalue weighted by atomic mass is 35.5. The first kappa shape index (κ1) is 11.5. The van der Waals surface area contributed by atoms with Crippen molar-refractivity contribution in [1.82, 2.24) is 5.32 Å². The van der Waals surface area contributed by atoms with Gasteiger partial charge in [-0.3, -0.25) is 4.79 Å². The molecule has 0 unspecified atom stereocenters. The molecule has 1 amide bonds. The van der Waals surface area contributed by atoms with Crippen LogP contribution in [0.1, 0.15) is 32.1 Å². The van der Waals surface area contributed by atoms with Crippen molar-refractivity contribution in [1.29, 1.82) is 0 Å². The minimum absolute atomic E-state index is 0.108. The SMILES string of the molecule is O=C1CCC2=C(C=C(OCCCCl)CC2)N1. The van der Waals surface area contributed by atoms with E-state index in [1.807, 2.05) is 6.08 Å². The van der Waals surface area contributed by atoms with Gasteiger partial charge in [-0.05, 0) is 30.9 Å². The summed E-state index contributed by atoms with van der Waals surface area (Å²) < 4.78 is 5.60. The van der Waals surface area contributed by atoms with E-state index in [4.69, 9.17) is 16.3 Å². The van der Waals surface area contributed by atoms with Crippen molar-refractivity contribution in [3.8, 4) is 0 Å². The van der Waals surface area contributed by atoms with Gasteiger partial charge in [-0.15, -0.1) is 11.6 Å². The number of ether oxygens (including phenoxy) is 1. The molecule has 0 aromatic heterocycles. The second-order valence-electron chi connectivity index (χ2n) is 4.07. The van der Waals surface area contributed by atoms with E-state index in [1.165, 1.54) is 5.57 Å². The van der Waals surface area contributed by atoms with Crippen molar-refractivity contribution in [3.05, 3.63) is 23.1 Å². The molecule has 0 saturated carbocycles. The van der Waals surface area contributed by atoms with Crippen molar-refractivity contribution >= 4 is 17.5 Å². The van der Waals surface area contributed by atoms with E-state index in [-0.39, 0.29) is 5.91 Å². The lowest BCUT2D eigenvalue weighted by molar-refractivity contribution is -0.120. The lowest BCUT2D eigenvalue weighted by Gasteiger charge is -2.24. The third-order valence-electron chi connectivity index (χ3n) is 2.85. The molecule has 1 aliphatic heterocycles. The number of carbonyl (C=O) groups is 1. The molecule has 4 heteroatoms. The maximum atomic E-state index is 11.3. The molecule has 2 aliphatic rings. The van der Waals surface area contributed by atoms with Crippen molar-refractivity contribution in [2.75, 3.05) is 12.5 Å². The summed E-state index contributed by atoms with van der Waals surface area (Å²) in [5, 5.41) is 2.90. The zero-order valence-electron chi connectivity index (χ0n) is 9.22. The highest BCUT2D eigenvalue weighted by Gasteiger charge is 2.20. The summed E-state index contributed by atoms with van der Waals surface area (Å²) in [5.74, 6) is 1.70. The highest BCUT2D eigenvalue weighted by Crippen LogP contribution is 2.28. The molecule has 16 heavy (non-hydrogen) atoms. The van der Waals surface area contributed by atoms with Crippen LogP contribution in [0.5, 0.6) is 0 Å². The normalized spacial score (nSPS) is 20.1. The van der Waals surface area contributed by atoms with E-state index >= 15 is 0 Å². The highest BCUT2D eigenvalue weighted by molar-refractivity contribution is 6.17. The monoisotopic (exact) mass is 241 g/mol. The molecule has 0 bridgehead atoms. The number of alkyl halides is 1. The molecule has 3 nitrogen and oxygen atoms in total. The quantitative estimate of drug-likeness (QED) is 0.607. The van der Waals surface area contributed by atoms with Crippen LogP contribution < -0.4 is 5.32 Å². The second-order valence-corrected chi connectivity index (χ2v) is 4.45. The van der Waals surface area contributed by atoms with Gasteiger partial charge >= 0.3 is 0 Å². The summed E-state index contributed by atoms with van der Waals surface area (Å²) in [5.41, 5.74) is 2.31. The van der Waals surface area contributed by atoms with Crippen molar-refractivity contribution < 1.29 is 9.53 Å². The van der Waals surface area contributed by atoms with Crippen LogP contribution in [0.4, 0.5) is 0 Å². The van der Waals surface area contributed by atoms with Crippen LogP contribution in [0.25, 0.3) is 0 Å². The number of halogens is 1.